The van der Waals surface area contributed by atoms with Gasteiger partial charge in [-0.05, 0) is 38.3 Å². The molecule has 2 unspecified atom stereocenters. The average Bonchev–Trinajstić information content (AvgIpc) is 2.68. The lowest BCUT2D eigenvalue weighted by Crippen LogP contribution is -2.46. The van der Waals surface area contributed by atoms with E-state index in [1.165, 1.54) is 0 Å². The molecular weight excluding hydrogens is 409 g/mol. The van der Waals surface area contributed by atoms with Gasteiger partial charge in [0.05, 0.1) is 25.4 Å². The van der Waals surface area contributed by atoms with Crippen LogP contribution in [0.25, 0.3) is 0 Å². The van der Waals surface area contributed by atoms with Crippen molar-refractivity contribution in [2.24, 2.45) is 4.99 Å². The highest BCUT2D eigenvalue weighted by molar-refractivity contribution is 5.79. The van der Waals surface area contributed by atoms with E-state index in [0.717, 1.165) is 50.7 Å². The molecule has 0 aromatic heterocycles. The number of alkyl halides is 3. The maximum atomic E-state index is 12.1. The third-order valence-electron chi connectivity index (χ3n) is 4.76. The maximum Gasteiger partial charge on any atom is 0.411 e. The number of ether oxygens (including phenoxy) is 2. The lowest BCUT2D eigenvalue weighted by Gasteiger charge is -2.35. The standard InChI is InChI=1S/C22H35F3N4O2/c1-4-26-21(27-10-5-11-29-13-17(2)31-18(3)14-29)28-12-19-6-8-20(9-7-19)15-30-16-22(23,24)25/h6-9,17-18H,4-5,10-16H2,1-3H3,(H2,26,27,28). The van der Waals surface area contributed by atoms with Gasteiger partial charge in [-0.25, -0.2) is 4.99 Å². The first-order chi connectivity index (χ1) is 14.7. The summed E-state index contributed by atoms with van der Waals surface area (Å²) in [5.74, 6) is 0.754. The number of guanidine groups is 1. The Morgan fingerprint density at radius 2 is 1.77 bits per heavy atom. The molecular formula is C22H35F3N4O2. The first kappa shape index (κ1) is 25.4. The van der Waals surface area contributed by atoms with Crippen molar-refractivity contribution in [2.45, 2.75) is 58.7 Å². The highest BCUT2D eigenvalue weighted by atomic mass is 19.4. The number of rotatable bonds is 10. The average molecular weight is 445 g/mol. The van der Waals surface area contributed by atoms with Crippen LogP contribution in [0.4, 0.5) is 13.2 Å². The van der Waals surface area contributed by atoms with Crippen molar-refractivity contribution < 1.29 is 22.6 Å². The minimum absolute atomic E-state index is 0.0616. The first-order valence-electron chi connectivity index (χ1n) is 10.9. The van der Waals surface area contributed by atoms with Gasteiger partial charge in [0.2, 0.25) is 0 Å². The van der Waals surface area contributed by atoms with Gasteiger partial charge in [0.1, 0.15) is 6.61 Å². The van der Waals surface area contributed by atoms with Crippen LogP contribution in [-0.4, -0.2) is 68.6 Å². The zero-order valence-corrected chi connectivity index (χ0v) is 18.7. The molecule has 1 saturated heterocycles. The van der Waals surface area contributed by atoms with Crippen molar-refractivity contribution >= 4 is 5.96 Å². The van der Waals surface area contributed by atoms with Crippen molar-refractivity contribution in [3.05, 3.63) is 35.4 Å². The van der Waals surface area contributed by atoms with E-state index in [2.05, 4.69) is 39.1 Å². The summed E-state index contributed by atoms with van der Waals surface area (Å²) in [6, 6.07) is 7.26. The monoisotopic (exact) mass is 444 g/mol. The molecule has 0 amide bonds. The number of halogens is 3. The lowest BCUT2D eigenvalue weighted by atomic mass is 10.1. The predicted octanol–water partition coefficient (Wildman–Crippen LogP) is 3.32. The lowest BCUT2D eigenvalue weighted by molar-refractivity contribution is -0.176. The molecule has 1 aromatic carbocycles. The minimum atomic E-state index is -4.30. The SMILES string of the molecule is CCNC(=NCc1ccc(COCC(F)(F)F)cc1)NCCCN1CC(C)OC(C)C1. The van der Waals surface area contributed by atoms with E-state index < -0.39 is 12.8 Å². The van der Waals surface area contributed by atoms with Gasteiger partial charge in [-0.1, -0.05) is 24.3 Å². The van der Waals surface area contributed by atoms with Crippen LogP contribution in [0.5, 0.6) is 0 Å². The number of benzene rings is 1. The fourth-order valence-electron chi connectivity index (χ4n) is 3.51. The summed E-state index contributed by atoms with van der Waals surface area (Å²) in [7, 11) is 0. The number of hydrogen-bond acceptors (Lipinski definition) is 4. The van der Waals surface area contributed by atoms with Gasteiger partial charge in [0, 0.05) is 32.7 Å². The Morgan fingerprint density at radius 1 is 1.13 bits per heavy atom. The summed E-state index contributed by atoms with van der Waals surface area (Å²) in [5, 5.41) is 6.60. The van der Waals surface area contributed by atoms with E-state index in [1.54, 1.807) is 12.1 Å². The van der Waals surface area contributed by atoms with Crippen LogP contribution >= 0.6 is 0 Å². The van der Waals surface area contributed by atoms with E-state index in [4.69, 9.17) is 4.74 Å². The molecule has 0 bridgehead atoms. The third-order valence-corrected chi connectivity index (χ3v) is 4.76. The van der Waals surface area contributed by atoms with Crippen LogP contribution < -0.4 is 10.6 Å². The number of aliphatic imine (C=N–C) groups is 1. The van der Waals surface area contributed by atoms with Crippen LogP contribution in [0.15, 0.2) is 29.3 Å². The van der Waals surface area contributed by atoms with E-state index >= 15 is 0 Å². The smallest absolute Gasteiger partial charge is 0.373 e. The topological polar surface area (TPSA) is 58.1 Å². The molecule has 176 valence electrons. The first-order valence-corrected chi connectivity index (χ1v) is 10.9. The molecule has 1 aromatic rings. The summed E-state index contributed by atoms with van der Waals surface area (Å²) in [5.41, 5.74) is 1.68. The molecule has 1 heterocycles. The van der Waals surface area contributed by atoms with E-state index in [0.29, 0.717) is 12.1 Å². The quantitative estimate of drug-likeness (QED) is 0.329. The summed E-state index contributed by atoms with van der Waals surface area (Å²) in [4.78, 5) is 7.03. The van der Waals surface area contributed by atoms with Gasteiger partial charge in [-0.3, -0.25) is 4.90 Å². The molecule has 0 radical (unpaired) electrons. The Morgan fingerprint density at radius 3 is 2.39 bits per heavy atom. The summed E-state index contributed by atoms with van der Waals surface area (Å²) in [6.07, 6.45) is -2.74. The Balaban J connectivity index is 1.73. The Bertz CT molecular complexity index is 658. The molecule has 2 N–H and O–H groups in total. The molecule has 31 heavy (non-hydrogen) atoms. The molecule has 1 aliphatic heterocycles. The van der Waals surface area contributed by atoms with Crippen LogP contribution in [-0.2, 0) is 22.6 Å². The maximum absolute atomic E-state index is 12.1. The molecule has 0 aliphatic carbocycles. The molecule has 2 atom stereocenters. The van der Waals surface area contributed by atoms with Gasteiger partial charge < -0.3 is 20.1 Å². The van der Waals surface area contributed by atoms with Crippen molar-refractivity contribution in [3.8, 4) is 0 Å². The van der Waals surface area contributed by atoms with Crippen molar-refractivity contribution in [2.75, 3.05) is 39.3 Å². The summed E-state index contributed by atoms with van der Waals surface area (Å²) < 4.78 is 46.9. The van der Waals surface area contributed by atoms with E-state index in [1.807, 2.05) is 19.1 Å². The second-order valence-corrected chi connectivity index (χ2v) is 7.92. The van der Waals surface area contributed by atoms with Gasteiger partial charge in [0.15, 0.2) is 5.96 Å². The largest absolute Gasteiger partial charge is 0.411 e. The molecule has 0 saturated carbocycles. The Kier molecular flexibility index (Phi) is 10.6. The number of hydrogen-bond donors (Lipinski definition) is 2. The van der Waals surface area contributed by atoms with Crippen LogP contribution in [0.1, 0.15) is 38.3 Å². The Hall–Kier alpha value is -1.84. The number of nitrogens with zero attached hydrogens (tertiary/aromatic N) is 2. The second kappa shape index (κ2) is 12.9. The third kappa shape index (κ3) is 10.8. The Labute approximate surface area is 183 Å². The fourth-order valence-corrected chi connectivity index (χ4v) is 3.51. The van der Waals surface area contributed by atoms with Crippen LogP contribution in [0, 0.1) is 0 Å². The van der Waals surface area contributed by atoms with Crippen LogP contribution in [0.3, 0.4) is 0 Å². The van der Waals surface area contributed by atoms with E-state index in [-0.39, 0.29) is 18.8 Å². The molecule has 1 aliphatic rings. The highest BCUT2D eigenvalue weighted by Gasteiger charge is 2.27. The van der Waals surface area contributed by atoms with Gasteiger partial charge >= 0.3 is 6.18 Å². The van der Waals surface area contributed by atoms with Gasteiger partial charge in [0.25, 0.3) is 0 Å². The van der Waals surface area contributed by atoms with Crippen molar-refractivity contribution in [1.82, 2.24) is 15.5 Å². The minimum Gasteiger partial charge on any atom is -0.373 e. The zero-order chi connectivity index (χ0) is 22.7. The van der Waals surface area contributed by atoms with Crippen molar-refractivity contribution in [1.29, 1.82) is 0 Å². The normalized spacial score (nSPS) is 20.6. The fraction of sp³-hybridized carbons (Fsp3) is 0.682. The van der Waals surface area contributed by atoms with Gasteiger partial charge in [-0.15, -0.1) is 0 Å². The molecule has 9 heteroatoms. The molecule has 1 fully saturated rings. The molecule has 0 spiro atoms. The number of morpholine rings is 1. The highest BCUT2D eigenvalue weighted by Crippen LogP contribution is 2.16. The molecule has 6 nitrogen and oxygen atoms in total. The zero-order valence-electron chi connectivity index (χ0n) is 18.7. The van der Waals surface area contributed by atoms with Gasteiger partial charge in [-0.2, -0.15) is 13.2 Å². The van der Waals surface area contributed by atoms with Crippen molar-refractivity contribution in [3.63, 3.8) is 0 Å². The number of nitrogens with one attached hydrogen (secondary N) is 2. The second-order valence-electron chi connectivity index (χ2n) is 7.92. The summed E-state index contributed by atoms with van der Waals surface area (Å²) >= 11 is 0. The summed E-state index contributed by atoms with van der Waals surface area (Å²) in [6.45, 7) is 9.96. The molecule has 2 rings (SSSR count). The van der Waals surface area contributed by atoms with Crippen LogP contribution in [0.2, 0.25) is 0 Å². The predicted molar refractivity (Wildman–Crippen MR) is 116 cm³/mol. The van der Waals surface area contributed by atoms with E-state index in [9.17, 15) is 13.2 Å².